The Hall–Kier alpha value is -2.00. The Bertz CT molecular complexity index is 744. The quantitative estimate of drug-likeness (QED) is 0.872. The average Bonchev–Trinajstić information content (AvgIpc) is 2.87. The SMILES string of the molecule is O=C1NCC(C2c3ccccc3CCc3cc(Cl)ccc32)O1. The van der Waals surface area contributed by atoms with Gasteiger partial charge in [-0.1, -0.05) is 41.9 Å². The molecule has 0 spiro atoms. The van der Waals surface area contributed by atoms with E-state index in [0.29, 0.717) is 6.54 Å². The molecule has 0 bridgehead atoms. The Balaban J connectivity index is 1.88. The van der Waals surface area contributed by atoms with Crippen LogP contribution >= 0.6 is 11.6 Å². The van der Waals surface area contributed by atoms with Crippen LogP contribution in [0.4, 0.5) is 4.79 Å². The molecule has 1 fully saturated rings. The van der Waals surface area contributed by atoms with Gasteiger partial charge in [0.05, 0.1) is 6.54 Å². The highest BCUT2D eigenvalue weighted by Crippen LogP contribution is 2.39. The smallest absolute Gasteiger partial charge is 0.407 e. The molecule has 3 nitrogen and oxygen atoms in total. The Labute approximate surface area is 134 Å². The number of amides is 1. The number of nitrogens with one attached hydrogen (secondary N) is 1. The maximum absolute atomic E-state index is 11.5. The third-order valence-electron chi connectivity index (χ3n) is 4.57. The zero-order chi connectivity index (χ0) is 15.1. The molecule has 1 saturated heterocycles. The summed E-state index contributed by atoms with van der Waals surface area (Å²) in [5.41, 5.74) is 5.04. The molecule has 1 amide bonds. The first kappa shape index (κ1) is 13.6. The standard InChI is InChI=1S/C18H16ClNO2/c19-13-7-8-15-12(9-13)6-5-11-3-1-2-4-14(11)17(15)16-10-20-18(21)22-16/h1-4,7-9,16-17H,5-6,10H2,(H,20,21). The summed E-state index contributed by atoms with van der Waals surface area (Å²) in [5, 5.41) is 3.53. The first-order valence-corrected chi connectivity index (χ1v) is 7.91. The maximum Gasteiger partial charge on any atom is 0.407 e. The topological polar surface area (TPSA) is 38.3 Å². The summed E-state index contributed by atoms with van der Waals surface area (Å²) in [6.45, 7) is 0.542. The summed E-state index contributed by atoms with van der Waals surface area (Å²) in [6.07, 6.45) is 1.43. The van der Waals surface area contributed by atoms with Gasteiger partial charge in [-0.15, -0.1) is 0 Å². The van der Waals surface area contributed by atoms with Crippen molar-refractivity contribution in [3.8, 4) is 0 Å². The van der Waals surface area contributed by atoms with Crippen LogP contribution < -0.4 is 5.32 Å². The second-order valence-corrected chi connectivity index (χ2v) is 6.28. The van der Waals surface area contributed by atoms with Gasteiger partial charge in [-0.05, 0) is 47.2 Å². The lowest BCUT2D eigenvalue weighted by molar-refractivity contribution is 0.132. The number of ether oxygens (including phenoxy) is 1. The van der Waals surface area contributed by atoms with Crippen molar-refractivity contribution < 1.29 is 9.53 Å². The molecule has 2 unspecified atom stereocenters. The van der Waals surface area contributed by atoms with E-state index in [4.69, 9.17) is 16.3 Å². The van der Waals surface area contributed by atoms with Gasteiger partial charge in [0.25, 0.3) is 0 Å². The number of benzene rings is 2. The Morgan fingerprint density at radius 1 is 1.05 bits per heavy atom. The monoisotopic (exact) mass is 313 g/mol. The van der Waals surface area contributed by atoms with Crippen LogP contribution in [0.25, 0.3) is 0 Å². The number of fused-ring (bicyclic) bond motifs is 2. The summed E-state index contributed by atoms with van der Waals surface area (Å²) in [4.78, 5) is 11.5. The molecule has 2 aliphatic rings. The van der Waals surface area contributed by atoms with Crippen LogP contribution in [-0.2, 0) is 17.6 Å². The van der Waals surface area contributed by atoms with Gasteiger partial charge in [-0.25, -0.2) is 4.79 Å². The minimum absolute atomic E-state index is 0.0601. The van der Waals surface area contributed by atoms with Crippen molar-refractivity contribution in [1.29, 1.82) is 0 Å². The molecule has 0 saturated carbocycles. The molecule has 1 N–H and O–H groups in total. The van der Waals surface area contributed by atoms with E-state index >= 15 is 0 Å². The van der Waals surface area contributed by atoms with Gasteiger partial charge in [0.1, 0.15) is 6.10 Å². The maximum atomic E-state index is 11.5. The molecule has 1 aliphatic carbocycles. The van der Waals surface area contributed by atoms with Crippen molar-refractivity contribution in [3.05, 3.63) is 69.7 Å². The van der Waals surface area contributed by atoms with E-state index in [2.05, 4.69) is 35.6 Å². The molecule has 22 heavy (non-hydrogen) atoms. The van der Waals surface area contributed by atoms with Crippen LogP contribution in [0.1, 0.15) is 28.2 Å². The summed E-state index contributed by atoms with van der Waals surface area (Å²) < 4.78 is 5.52. The van der Waals surface area contributed by atoms with Crippen molar-refractivity contribution in [2.24, 2.45) is 0 Å². The molecule has 2 atom stereocenters. The molecule has 4 heteroatoms. The second-order valence-electron chi connectivity index (χ2n) is 5.84. The number of carbonyl (C=O) groups is 1. The van der Waals surface area contributed by atoms with Crippen LogP contribution in [0.3, 0.4) is 0 Å². The van der Waals surface area contributed by atoms with Crippen molar-refractivity contribution in [2.45, 2.75) is 24.9 Å². The van der Waals surface area contributed by atoms with Crippen molar-refractivity contribution in [3.63, 3.8) is 0 Å². The molecular formula is C18H16ClNO2. The predicted octanol–water partition coefficient (Wildman–Crippen LogP) is 3.68. The fourth-order valence-corrected chi connectivity index (χ4v) is 3.78. The third-order valence-corrected chi connectivity index (χ3v) is 4.81. The van der Waals surface area contributed by atoms with Crippen molar-refractivity contribution in [2.75, 3.05) is 6.54 Å². The Kier molecular flexibility index (Phi) is 3.30. The van der Waals surface area contributed by atoms with Crippen molar-refractivity contribution >= 4 is 17.7 Å². The molecule has 2 aromatic carbocycles. The van der Waals surface area contributed by atoms with E-state index < -0.39 is 0 Å². The minimum Gasteiger partial charge on any atom is -0.443 e. The first-order valence-electron chi connectivity index (χ1n) is 7.53. The lowest BCUT2D eigenvalue weighted by atomic mass is 9.84. The van der Waals surface area contributed by atoms with E-state index in [0.717, 1.165) is 17.9 Å². The number of hydrogen-bond acceptors (Lipinski definition) is 2. The molecule has 2 aromatic rings. The predicted molar refractivity (Wildman–Crippen MR) is 85.4 cm³/mol. The summed E-state index contributed by atoms with van der Waals surface area (Å²) >= 11 is 6.17. The fourth-order valence-electron chi connectivity index (χ4n) is 3.59. The highest BCUT2D eigenvalue weighted by molar-refractivity contribution is 6.30. The van der Waals surface area contributed by atoms with Gasteiger partial charge in [0, 0.05) is 10.9 Å². The number of rotatable bonds is 1. The van der Waals surface area contributed by atoms with Crippen LogP contribution in [0.2, 0.25) is 5.02 Å². The van der Waals surface area contributed by atoms with E-state index in [1.54, 1.807) is 0 Å². The largest absolute Gasteiger partial charge is 0.443 e. The first-order chi connectivity index (χ1) is 10.7. The average molecular weight is 314 g/mol. The third kappa shape index (κ3) is 2.26. The van der Waals surface area contributed by atoms with Gasteiger partial charge in [-0.3, -0.25) is 0 Å². The number of carbonyl (C=O) groups excluding carboxylic acids is 1. The molecule has 0 aromatic heterocycles. The van der Waals surface area contributed by atoms with Crippen LogP contribution in [0.15, 0.2) is 42.5 Å². The number of hydrogen-bond donors (Lipinski definition) is 1. The molecule has 112 valence electrons. The molecule has 4 rings (SSSR count). The lowest BCUT2D eigenvalue weighted by Crippen LogP contribution is -2.24. The van der Waals surface area contributed by atoms with E-state index in [9.17, 15) is 4.79 Å². The zero-order valence-corrected chi connectivity index (χ0v) is 12.8. The lowest BCUT2D eigenvalue weighted by Gasteiger charge is -2.24. The summed E-state index contributed by atoms with van der Waals surface area (Å²) in [5.74, 6) is 0.0601. The van der Waals surface area contributed by atoms with Crippen LogP contribution in [0, 0.1) is 0 Å². The van der Waals surface area contributed by atoms with Crippen LogP contribution in [-0.4, -0.2) is 18.7 Å². The molecule has 1 aliphatic heterocycles. The van der Waals surface area contributed by atoms with Crippen molar-refractivity contribution in [1.82, 2.24) is 5.32 Å². The van der Waals surface area contributed by atoms with Gasteiger partial charge in [0.15, 0.2) is 0 Å². The fraction of sp³-hybridized carbons (Fsp3) is 0.278. The number of alkyl carbamates (subject to hydrolysis) is 1. The highest BCUT2D eigenvalue weighted by atomic mass is 35.5. The summed E-state index contributed by atoms with van der Waals surface area (Å²) in [6, 6.07) is 14.5. The molecular weight excluding hydrogens is 298 g/mol. The number of aryl methyl sites for hydroxylation is 2. The minimum atomic E-state index is -0.331. The zero-order valence-electron chi connectivity index (χ0n) is 12.0. The number of cyclic esters (lactones) is 1. The highest BCUT2D eigenvalue weighted by Gasteiger charge is 2.36. The van der Waals surface area contributed by atoms with Crippen LogP contribution in [0.5, 0.6) is 0 Å². The van der Waals surface area contributed by atoms with Gasteiger partial charge in [0.2, 0.25) is 0 Å². The van der Waals surface area contributed by atoms with E-state index in [1.807, 2.05) is 12.1 Å². The number of halogens is 1. The van der Waals surface area contributed by atoms with Gasteiger partial charge < -0.3 is 10.1 Å². The van der Waals surface area contributed by atoms with E-state index in [1.165, 1.54) is 22.3 Å². The van der Waals surface area contributed by atoms with Gasteiger partial charge >= 0.3 is 6.09 Å². The molecule has 1 heterocycles. The molecule has 0 radical (unpaired) electrons. The normalized spacial score (nSPS) is 23.0. The van der Waals surface area contributed by atoms with E-state index in [-0.39, 0.29) is 18.1 Å². The van der Waals surface area contributed by atoms with Gasteiger partial charge in [-0.2, -0.15) is 0 Å². The summed E-state index contributed by atoms with van der Waals surface area (Å²) in [7, 11) is 0. The Morgan fingerprint density at radius 2 is 1.82 bits per heavy atom. The second kappa shape index (κ2) is 5.33. The Morgan fingerprint density at radius 3 is 2.64 bits per heavy atom.